The molecule has 0 unspecified atom stereocenters. The van der Waals surface area contributed by atoms with Gasteiger partial charge in [-0.2, -0.15) is 4.98 Å². The van der Waals surface area contributed by atoms with Crippen molar-refractivity contribution in [2.45, 2.75) is 6.92 Å². The zero-order chi connectivity index (χ0) is 12.7. The number of rotatable bonds is 1. The first-order valence-electron chi connectivity index (χ1n) is 5.33. The fourth-order valence-corrected chi connectivity index (χ4v) is 2.42. The molecule has 6 heteroatoms. The Labute approximate surface area is 106 Å². The van der Waals surface area contributed by atoms with Gasteiger partial charge in [-0.05, 0) is 19.1 Å². The molecule has 0 spiro atoms. The van der Waals surface area contributed by atoms with Crippen molar-refractivity contribution in [3.8, 4) is 5.69 Å². The van der Waals surface area contributed by atoms with Crippen molar-refractivity contribution in [2.24, 2.45) is 0 Å². The van der Waals surface area contributed by atoms with Crippen molar-refractivity contribution in [3.63, 3.8) is 0 Å². The van der Waals surface area contributed by atoms with Crippen molar-refractivity contribution < 1.29 is 0 Å². The molecule has 90 valence electrons. The van der Waals surface area contributed by atoms with Gasteiger partial charge in [0, 0.05) is 11.6 Å². The second kappa shape index (κ2) is 3.92. The van der Waals surface area contributed by atoms with Gasteiger partial charge >= 0.3 is 11.4 Å². The number of nitrogens with zero attached hydrogens (tertiary/aromatic N) is 3. The van der Waals surface area contributed by atoms with Crippen molar-refractivity contribution in [1.82, 2.24) is 14.0 Å². The lowest BCUT2D eigenvalue weighted by Gasteiger charge is -2.04. The van der Waals surface area contributed by atoms with E-state index in [9.17, 15) is 9.59 Å². The molecule has 5 nitrogen and oxygen atoms in total. The SMILES string of the molecule is Cc1ccc(-n2c(=O)nc3sccn3c2=O)cc1. The number of aromatic nitrogens is 3. The van der Waals surface area contributed by atoms with Crippen LogP contribution in [-0.2, 0) is 0 Å². The van der Waals surface area contributed by atoms with Gasteiger partial charge in [0.2, 0.25) is 4.96 Å². The van der Waals surface area contributed by atoms with Crippen molar-refractivity contribution >= 4 is 16.3 Å². The molecule has 0 saturated carbocycles. The van der Waals surface area contributed by atoms with Crippen LogP contribution < -0.4 is 11.4 Å². The maximum absolute atomic E-state index is 12.2. The summed E-state index contributed by atoms with van der Waals surface area (Å²) in [4.78, 5) is 28.4. The summed E-state index contributed by atoms with van der Waals surface area (Å²) < 4.78 is 2.44. The summed E-state index contributed by atoms with van der Waals surface area (Å²) in [7, 11) is 0. The van der Waals surface area contributed by atoms with E-state index in [-0.39, 0.29) is 0 Å². The second-order valence-electron chi connectivity index (χ2n) is 3.90. The number of hydrogen-bond donors (Lipinski definition) is 0. The van der Waals surface area contributed by atoms with Crippen LogP contribution in [0.15, 0.2) is 45.4 Å². The lowest BCUT2D eigenvalue weighted by atomic mass is 10.2. The van der Waals surface area contributed by atoms with Crippen LogP contribution in [0.5, 0.6) is 0 Å². The van der Waals surface area contributed by atoms with Gasteiger partial charge in [0.15, 0.2) is 0 Å². The number of fused-ring (bicyclic) bond motifs is 1. The van der Waals surface area contributed by atoms with Crippen LogP contribution in [0.25, 0.3) is 10.6 Å². The summed E-state index contributed by atoms with van der Waals surface area (Å²) >= 11 is 1.26. The molecule has 0 saturated heterocycles. The predicted molar refractivity (Wildman–Crippen MR) is 69.7 cm³/mol. The maximum atomic E-state index is 12.2. The Hall–Kier alpha value is -2.21. The third kappa shape index (κ3) is 1.58. The fraction of sp³-hybridized carbons (Fsp3) is 0.0833. The summed E-state index contributed by atoms with van der Waals surface area (Å²) in [5.74, 6) is 0. The number of benzene rings is 1. The largest absolute Gasteiger partial charge is 0.359 e. The highest BCUT2D eigenvalue weighted by Gasteiger charge is 2.09. The van der Waals surface area contributed by atoms with Gasteiger partial charge in [-0.1, -0.05) is 17.7 Å². The average molecular weight is 259 g/mol. The highest BCUT2D eigenvalue weighted by Crippen LogP contribution is 2.07. The minimum absolute atomic E-state index is 0.393. The van der Waals surface area contributed by atoms with E-state index in [1.807, 2.05) is 19.1 Å². The summed E-state index contributed by atoms with van der Waals surface area (Å²) in [5, 5.41) is 1.72. The monoisotopic (exact) mass is 259 g/mol. The minimum Gasteiger partial charge on any atom is -0.247 e. The molecule has 0 N–H and O–H groups in total. The molecular formula is C12H9N3O2S. The molecule has 0 aliphatic heterocycles. The predicted octanol–water partition coefficient (Wildman–Crippen LogP) is 1.22. The molecule has 3 rings (SSSR count). The molecule has 3 aromatic rings. The van der Waals surface area contributed by atoms with E-state index in [4.69, 9.17) is 0 Å². The van der Waals surface area contributed by atoms with Gasteiger partial charge in [-0.25, -0.2) is 18.6 Å². The molecule has 0 atom stereocenters. The zero-order valence-electron chi connectivity index (χ0n) is 9.53. The van der Waals surface area contributed by atoms with Gasteiger partial charge in [0.25, 0.3) is 0 Å². The van der Waals surface area contributed by atoms with Crippen molar-refractivity contribution in [2.75, 3.05) is 0 Å². The minimum atomic E-state index is -0.550. The highest BCUT2D eigenvalue weighted by molar-refractivity contribution is 7.15. The first-order valence-corrected chi connectivity index (χ1v) is 6.21. The quantitative estimate of drug-likeness (QED) is 0.660. The van der Waals surface area contributed by atoms with Gasteiger partial charge in [0.05, 0.1) is 5.69 Å². The fourth-order valence-electron chi connectivity index (χ4n) is 1.73. The molecule has 0 radical (unpaired) electrons. The summed E-state index contributed by atoms with van der Waals surface area (Å²) in [6, 6.07) is 7.17. The Balaban J connectivity index is 2.38. The van der Waals surface area contributed by atoms with Crippen LogP contribution >= 0.6 is 11.3 Å². The highest BCUT2D eigenvalue weighted by atomic mass is 32.1. The Morgan fingerprint density at radius 2 is 1.89 bits per heavy atom. The Kier molecular flexibility index (Phi) is 2.38. The molecule has 0 fully saturated rings. The normalized spacial score (nSPS) is 10.9. The summed E-state index contributed by atoms with van der Waals surface area (Å²) in [6.07, 6.45) is 1.61. The van der Waals surface area contributed by atoms with Crippen LogP contribution in [0.1, 0.15) is 5.56 Å². The molecule has 0 aliphatic rings. The first-order chi connectivity index (χ1) is 8.66. The van der Waals surface area contributed by atoms with Crippen LogP contribution in [0, 0.1) is 6.92 Å². The van der Waals surface area contributed by atoms with Gasteiger partial charge in [0.1, 0.15) is 0 Å². The van der Waals surface area contributed by atoms with E-state index < -0.39 is 11.4 Å². The van der Waals surface area contributed by atoms with E-state index in [0.29, 0.717) is 10.6 Å². The number of thiazole rings is 1. The van der Waals surface area contributed by atoms with E-state index >= 15 is 0 Å². The smallest absolute Gasteiger partial charge is 0.247 e. The Bertz CT molecular complexity index is 827. The maximum Gasteiger partial charge on any atom is 0.359 e. The van der Waals surface area contributed by atoms with Crippen molar-refractivity contribution in [1.29, 1.82) is 0 Å². The third-order valence-electron chi connectivity index (χ3n) is 2.66. The first kappa shape index (κ1) is 10.9. The zero-order valence-corrected chi connectivity index (χ0v) is 10.3. The summed E-state index contributed by atoms with van der Waals surface area (Å²) in [5.41, 5.74) is 0.654. The van der Waals surface area contributed by atoms with Crippen LogP contribution in [-0.4, -0.2) is 14.0 Å². The molecule has 18 heavy (non-hydrogen) atoms. The lowest BCUT2D eigenvalue weighted by Crippen LogP contribution is -2.37. The molecule has 0 bridgehead atoms. The molecule has 2 aromatic heterocycles. The third-order valence-corrected chi connectivity index (χ3v) is 3.42. The standard InChI is InChI=1S/C12H9N3O2S/c1-8-2-4-9(5-3-8)15-10(16)13-11-14(12(15)17)6-7-18-11/h2-7H,1H3. The van der Waals surface area contributed by atoms with E-state index in [1.165, 1.54) is 15.7 Å². The molecular weight excluding hydrogens is 250 g/mol. The van der Waals surface area contributed by atoms with Gasteiger partial charge < -0.3 is 0 Å². The average Bonchev–Trinajstić information content (AvgIpc) is 2.80. The molecule has 0 amide bonds. The van der Waals surface area contributed by atoms with Gasteiger partial charge in [-0.15, -0.1) is 11.3 Å². The molecule has 1 aromatic carbocycles. The van der Waals surface area contributed by atoms with Crippen molar-refractivity contribution in [3.05, 3.63) is 62.4 Å². The molecule has 0 aliphatic carbocycles. The van der Waals surface area contributed by atoms with Crippen LogP contribution in [0.4, 0.5) is 0 Å². The van der Waals surface area contributed by atoms with E-state index in [2.05, 4.69) is 4.98 Å². The van der Waals surface area contributed by atoms with Crippen LogP contribution in [0.3, 0.4) is 0 Å². The van der Waals surface area contributed by atoms with Crippen LogP contribution in [0.2, 0.25) is 0 Å². The topological polar surface area (TPSA) is 56.4 Å². The molecule has 2 heterocycles. The summed E-state index contributed by atoms with van der Waals surface area (Å²) in [6.45, 7) is 1.94. The Morgan fingerprint density at radius 3 is 2.61 bits per heavy atom. The van der Waals surface area contributed by atoms with E-state index in [1.54, 1.807) is 23.7 Å². The lowest BCUT2D eigenvalue weighted by molar-refractivity contribution is 0.803. The Morgan fingerprint density at radius 1 is 1.17 bits per heavy atom. The second-order valence-corrected chi connectivity index (χ2v) is 4.78. The van der Waals surface area contributed by atoms with E-state index in [0.717, 1.165) is 10.1 Å². The van der Waals surface area contributed by atoms with Gasteiger partial charge in [-0.3, -0.25) is 0 Å². The number of hydrogen-bond acceptors (Lipinski definition) is 4. The number of aryl methyl sites for hydroxylation is 1.